The van der Waals surface area contributed by atoms with Gasteiger partial charge in [0.25, 0.3) is 0 Å². The summed E-state index contributed by atoms with van der Waals surface area (Å²) in [6, 6.07) is 22.2. The van der Waals surface area contributed by atoms with Gasteiger partial charge < -0.3 is 9.64 Å². The van der Waals surface area contributed by atoms with Gasteiger partial charge in [-0.25, -0.2) is 0 Å². The van der Waals surface area contributed by atoms with Crippen molar-refractivity contribution >= 4 is 17.7 Å². The van der Waals surface area contributed by atoms with Crippen molar-refractivity contribution in [3.8, 4) is 22.8 Å². The molecule has 8 heteroatoms. The van der Waals surface area contributed by atoms with Crippen LogP contribution in [-0.2, 0) is 11.2 Å². The maximum absolute atomic E-state index is 13.1. The van der Waals surface area contributed by atoms with Crippen LogP contribution in [0.25, 0.3) is 17.1 Å². The standard InChI is InChI=1S/C28H29N5O2S/c1-35-25-10-6-5-9-24(25)33-27(23-11-15-29-16-12-23)30-31-28(33)36-20-26(34)32-17-13-22(14-18-32)19-21-7-3-2-4-8-21/h2-12,15-16,22H,13-14,17-20H2,1H3. The molecule has 36 heavy (non-hydrogen) atoms. The Labute approximate surface area is 215 Å². The summed E-state index contributed by atoms with van der Waals surface area (Å²) in [5.74, 6) is 2.46. The van der Waals surface area contributed by atoms with Crippen LogP contribution < -0.4 is 4.74 Å². The lowest BCUT2D eigenvalue weighted by atomic mass is 9.90. The van der Waals surface area contributed by atoms with Crippen LogP contribution in [-0.4, -0.2) is 56.5 Å². The van der Waals surface area contributed by atoms with Gasteiger partial charge in [-0.2, -0.15) is 0 Å². The second-order valence-corrected chi connectivity index (χ2v) is 9.79. The Bertz CT molecular complexity index is 1290. The Kier molecular flexibility index (Phi) is 7.61. The van der Waals surface area contributed by atoms with Crippen molar-refractivity contribution in [2.45, 2.75) is 24.4 Å². The minimum atomic E-state index is 0.137. The van der Waals surface area contributed by atoms with Crippen LogP contribution in [0.3, 0.4) is 0 Å². The van der Waals surface area contributed by atoms with Crippen molar-refractivity contribution in [1.29, 1.82) is 0 Å². The SMILES string of the molecule is COc1ccccc1-n1c(SCC(=O)N2CCC(Cc3ccccc3)CC2)nnc1-c1ccncc1. The largest absolute Gasteiger partial charge is 0.495 e. The highest BCUT2D eigenvalue weighted by molar-refractivity contribution is 7.99. The second-order valence-electron chi connectivity index (χ2n) is 8.85. The number of rotatable bonds is 8. The molecule has 3 heterocycles. The molecule has 0 aliphatic carbocycles. The molecule has 0 bridgehead atoms. The molecule has 4 aromatic rings. The highest BCUT2D eigenvalue weighted by Crippen LogP contribution is 2.32. The van der Waals surface area contributed by atoms with E-state index in [1.54, 1.807) is 19.5 Å². The van der Waals surface area contributed by atoms with Crippen LogP contribution in [0, 0.1) is 5.92 Å². The maximum Gasteiger partial charge on any atom is 0.233 e. The number of nitrogens with zero attached hydrogens (tertiary/aromatic N) is 5. The first-order valence-electron chi connectivity index (χ1n) is 12.2. The summed E-state index contributed by atoms with van der Waals surface area (Å²) >= 11 is 1.41. The Hall–Kier alpha value is -3.65. The zero-order chi connectivity index (χ0) is 24.7. The van der Waals surface area contributed by atoms with Crippen LogP contribution in [0.1, 0.15) is 18.4 Å². The van der Waals surface area contributed by atoms with E-state index >= 15 is 0 Å². The van der Waals surface area contributed by atoms with Crippen molar-refractivity contribution in [2.75, 3.05) is 26.0 Å². The number of pyridine rings is 1. The lowest BCUT2D eigenvalue weighted by Crippen LogP contribution is -2.39. The molecule has 1 aliphatic heterocycles. The van der Waals surface area contributed by atoms with E-state index in [-0.39, 0.29) is 5.91 Å². The quantitative estimate of drug-likeness (QED) is 0.321. The highest BCUT2D eigenvalue weighted by atomic mass is 32.2. The summed E-state index contributed by atoms with van der Waals surface area (Å²) in [6.07, 6.45) is 6.61. The fourth-order valence-electron chi connectivity index (χ4n) is 4.63. The molecule has 0 saturated carbocycles. The minimum Gasteiger partial charge on any atom is -0.495 e. The average Bonchev–Trinajstić information content (AvgIpc) is 3.37. The van der Waals surface area contributed by atoms with E-state index in [4.69, 9.17) is 4.74 Å². The number of benzene rings is 2. The molecule has 1 saturated heterocycles. The van der Waals surface area contributed by atoms with E-state index in [1.807, 2.05) is 45.9 Å². The predicted molar refractivity (Wildman–Crippen MR) is 141 cm³/mol. The second kappa shape index (κ2) is 11.4. The number of amides is 1. The normalized spacial score (nSPS) is 14.1. The molecule has 2 aromatic heterocycles. The third-order valence-corrected chi connectivity index (χ3v) is 7.47. The monoisotopic (exact) mass is 499 g/mol. The Morgan fingerprint density at radius 3 is 2.44 bits per heavy atom. The Morgan fingerprint density at radius 1 is 0.972 bits per heavy atom. The van der Waals surface area contributed by atoms with Gasteiger partial charge in [0.05, 0.1) is 18.6 Å². The smallest absolute Gasteiger partial charge is 0.233 e. The molecule has 0 radical (unpaired) electrons. The molecule has 0 unspecified atom stereocenters. The molecule has 0 atom stereocenters. The molecule has 5 rings (SSSR count). The number of hydrogen-bond donors (Lipinski definition) is 0. The molecule has 184 valence electrons. The molecular weight excluding hydrogens is 470 g/mol. The zero-order valence-electron chi connectivity index (χ0n) is 20.3. The van der Waals surface area contributed by atoms with Crippen molar-refractivity contribution in [3.05, 3.63) is 84.7 Å². The first kappa shape index (κ1) is 24.1. The number of likely N-dealkylation sites (tertiary alicyclic amines) is 1. The van der Waals surface area contributed by atoms with Crippen LogP contribution in [0.2, 0.25) is 0 Å². The first-order chi connectivity index (χ1) is 17.7. The van der Waals surface area contributed by atoms with E-state index in [2.05, 4.69) is 45.5 Å². The van der Waals surface area contributed by atoms with Crippen LogP contribution in [0.15, 0.2) is 84.3 Å². The van der Waals surface area contributed by atoms with E-state index < -0.39 is 0 Å². The van der Waals surface area contributed by atoms with Gasteiger partial charge in [-0.15, -0.1) is 10.2 Å². The van der Waals surface area contributed by atoms with Crippen molar-refractivity contribution in [3.63, 3.8) is 0 Å². The van der Waals surface area contributed by atoms with Crippen LogP contribution in [0.4, 0.5) is 0 Å². The van der Waals surface area contributed by atoms with E-state index in [0.29, 0.717) is 28.4 Å². The molecule has 1 amide bonds. The lowest BCUT2D eigenvalue weighted by molar-refractivity contribution is -0.129. The zero-order valence-corrected chi connectivity index (χ0v) is 21.1. The molecule has 2 aromatic carbocycles. The number of carbonyl (C=O) groups is 1. The number of piperidine rings is 1. The number of methoxy groups -OCH3 is 1. The molecule has 0 spiro atoms. The minimum absolute atomic E-state index is 0.137. The number of aromatic nitrogens is 4. The fourth-order valence-corrected chi connectivity index (χ4v) is 5.48. The van der Waals surface area contributed by atoms with E-state index in [9.17, 15) is 4.79 Å². The van der Waals surface area contributed by atoms with E-state index in [1.165, 1.54) is 17.3 Å². The maximum atomic E-state index is 13.1. The summed E-state index contributed by atoms with van der Waals surface area (Å²) in [4.78, 5) is 19.2. The molecular formula is C28H29N5O2S. The van der Waals surface area contributed by atoms with Gasteiger partial charge in [-0.3, -0.25) is 14.3 Å². The van der Waals surface area contributed by atoms with Gasteiger partial charge in [0.1, 0.15) is 5.75 Å². The fraction of sp³-hybridized carbons (Fsp3) is 0.286. The number of para-hydroxylation sites is 2. The summed E-state index contributed by atoms with van der Waals surface area (Å²) in [5.41, 5.74) is 3.09. The van der Waals surface area contributed by atoms with Gasteiger partial charge in [-0.1, -0.05) is 54.2 Å². The average molecular weight is 500 g/mol. The third kappa shape index (κ3) is 5.44. The van der Waals surface area contributed by atoms with Crippen molar-refractivity contribution < 1.29 is 9.53 Å². The number of carbonyl (C=O) groups excluding carboxylic acids is 1. The van der Waals surface area contributed by atoms with Crippen molar-refractivity contribution in [1.82, 2.24) is 24.6 Å². The molecule has 1 aliphatic rings. The number of hydrogen-bond acceptors (Lipinski definition) is 6. The summed E-state index contributed by atoms with van der Waals surface area (Å²) in [6.45, 7) is 1.61. The van der Waals surface area contributed by atoms with Gasteiger partial charge in [0.15, 0.2) is 11.0 Å². The first-order valence-corrected chi connectivity index (χ1v) is 13.1. The van der Waals surface area contributed by atoms with Gasteiger partial charge in [0, 0.05) is 31.0 Å². The molecule has 0 N–H and O–H groups in total. The summed E-state index contributed by atoms with van der Waals surface area (Å²) < 4.78 is 7.57. The molecule has 1 fully saturated rings. The summed E-state index contributed by atoms with van der Waals surface area (Å²) in [7, 11) is 1.65. The van der Waals surface area contributed by atoms with Crippen molar-refractivity contribution in [2.24, 2.45) is 5.92 Å². The Morgan fingerprint density at radius 2 is 1.69 bits per heavy atom. The van der Waals surface area contributed by atoms with E-state index in [0.717, 1.165) is 43.6 Å². The predicted octanol–water partition coefficient (Wildman–Crippen LogP) is 4.91. The Balaban J connectivity index is 1.28. The third-order valence-electron chi connectivity index (χ3n) is 6.56. The van der Waals surface area contributed by atoms with Crippen LogP contribution in [0.5, 0.6) is 5.75 Å². The topological polar surface area (TPSA) is 73.1 Å². The highest BCUT2D eigenvalue weighted by Gasteiger charge is 2.25. The van der Waals surface area contributed by atoms with Gasteiger partial charge in [-0.05, 0) is 55.0 Å². The number of ether oxygens (including phenoxy) is 1. The van der Waals surface area contributed by atoms with Gasteiger partial charge >= 0.3 is 0 Å². The van der Waals surface area contributed by atoms with Crippen LogP contribution >= 0.6 is 11.8 Å². The molecule has 7 nitrogen and oxygen atoms in total. The lowest BCUT2D eigenvalue weighted by Gasteiger charge is -2.32. The summed E-state index contributed by atoms with van der Waals surface area (Å²) in [5, 5.41) is 9.56. The number of thioether (sulfide) groups is 1. The van der Waals surface area contributed by atoms with Gasteiger partial charge in [0.2, 0.25) is 5.91 Å².